The molecule has 0 spiro atoms. The first kappa shape index (κ1) is 56.9. The number of rotatable bonds is 44. The molecule has 0 rings (SSSR count). The van der Waals surface area contributed by atoms with Gasteiger partial charge in [-0.2, -0.15) is 0 Å². The Balaban J connectivity index is 4.51. The summed E-state index contributed by atoms with van der Waals surface area (Å²) in [6, 6.07) is 0. The van der Waals surface area contributed by atoms with Gasteiger partial charge in [0.15, 0.2) is 6.10 Å². The van der Waals surface area contributed by atoms with E-state index in [4.69, 9.17) is 14.2 Å². The predicted molar refractivity (Wildman–Crippen MR) is 256 cm³/mol. The molecule has 0 bridgehead atoms. The van der Waals surface area contributed by atoms with Gasteiger partial charge in [-0.1, -0.05) is 216 Å². The van der Waals surface area contributed by atoms with Gasteiger partial charge in [0.2, 0.25) is 0 Å². The Labute approximate surface area is 370 Å². The molecule has 0 saturated heterocycles. The highest BCUT2D eigenvalue weighted by Gasteiger charge is 2.19. The molecule has 60 heavy (non-hydrogen) atoms. The third-order valence-corrected chi connectivity index (χ3v) is 10.5. The van der Waals surface area contributed by atoms with E-state index in [0.29, 0.717) is 12.8 Å². The van der Waals surface area contributed by atoms with Crippen molar-refractivity contribution < 1.29 is 28.6 Å². The number of esters is 3. The van der Waals surface area contributed by atoms with Crippen LogP contribution in [0.1, 0.15) is 233 Å². The summed E-state index contributed by atoms with van der Waals surface area (Å²) in [6.07, 6.45) is 60.5. The lowest BCUT2D eigenvalue weighted by atomic mass is 10.0. The summed E-state index contributed by atoms with van der Waals surface area (Å²) >= 11 is 0. The summed E-state index contributed by atoms with van der Waals surface area (Å²) in [5.41, 5.74) is 0. The minimum absolute atomic E-state index is 0.107. The van der Waals surface area contributed by atoms with Crippen LogP contribution in [0.25, 0.3) is 0 Å². The first-order chi connectivity index (χ1) is 29.5. The second-order valence-corrected chi connectivity index (χ2v) is 16.4. The molecule has 0 N–H and O–H groups in total. The highest BCUT2D eigenvalue weighted by Crippen LogP contribution is 2.14. The van der Waals surface area contributed by atoms with Gasteiger partial charge in [-0.05, 0) is 70.6 Å². The largest absolute Gasteiger partial charge is 0.462 e. The number of hydrogen-bond acceptors (Lipinski definition) is 6. The number of carbonyl (C=O) groups excluding carboxylic acids is 3. The van der Waals surface area contributed by atoms with Crippen molar-refractivity contribution in [2.45, 2.75) is 239 Å². The fourth-order valence-corrected chi connectivity index (χ4v) is 6.74. The maximum Gasteiger partial charge on any atom is 0.309 e. The Morgan fingerprint density at radius 1 is 0.367 bits per heavy atom. The summed E-state index contributed by atoms with van der Waals surface area (Å²) < 4.78 is 16.7. The molecule has 0 aromatic carbocycles. The molecule has 0 radical (unpaired) electrons. The van der Waals surface area contributed by atoms with Crippen molar-refractivity contribution in [2.75, 3.05) is 13.2 Å². The topological polar surface area (TPSA) is 78.9 Å². The standard InChI is InChI=1S/C54H92O6/c1-4-7-10-13-16-19-22-25-27-29-32-35-38-41-44-47-53(56)59-50-51(49-58-52(55)46-43-40-37-34-31-24-21-18-15-12-9-6-3)60-54(57)48-45-42-39-36-33-30-28-26-23-20-17-14-11-8-5-2/h7,10,16,19,25-28,32,35,41,44,51H,4-6,8-9,11-15,17-18,20-24,29-31,33-34,36-40,42-43,45-50H2,1-3H3/b10-7-,19-16-,27-25-,28-26-,35-32-,44-41-. The van der Waals surface area contributed by atoms with Gasteiger partial charge in [0, 0.05) is 12.8 Å². The monoisotopic (exact) mass is 837 g/mol. The molecule has 1 atom stereocenters. The van der Waals surface area contributed by atoms with E-state index in [0.717, 1.165) is 83.5 Å². The molecule has 1 unspecified atom stereocenters. The van der Waals surface area contributed by atoms with Crippen molar-refractivity contribution in [2.24, 2.45) is 0 Å². The molecule has 0 aliphatic heterocycles. The minimum Gasteiger partial charge on any atom is -0.462 e. The molecule has 0 aliphatic rings. The van der Waals surface area contributed by atoms with Gasteiger partial charge in [-0.25, -0.2) is 0 Å². The number of hydrogen-bond donors (Lipinski definition) is 0. The fourth-order valence-electron chi connectivity index (χ4n) is 6.74. The Morgan fingerprint density at radius 3 is 1.15 bits per heavy atom. The van der Waals surface area contributed by atoms with Crippen molar-refractivity contribution in [3.8, 4) is 0 Å². The van der Waals surface area contributed by atoms with Crippen LogP contribution in [0.4, 0.5) is 0 Å². The molecule has 0 heterocycles. The molecule has 6 heteroatoms. The Kier molecular flexibility index (Phi) is 46.0. The predicted octanol–water partition coefficient (Wildman–Crippen LogP) is 16.3. The average molecular weight is 837 g/mol. The normalized spacial score (nSPS) is 12.7. The first-order valence-corrected chi connectivity index (χ1v) is 24.9. The molecule has 0 aliphatic carbocycles. The van der Waals surface area contributed by atoms with Gasteiger partial charge >= 0.3 is 17.9 Å². The van der Waals surface area contributed by atoms with E-state index >= 15 is 0 Å². The molecule has 0 aromatic rings. The summed E-state index contributed by atoms with van der Waals surface area (Å²) in [6.45, 7) is 6.42. The summed E-state index contributed by atoms with van der Waals surface area (Å²) in [5.74, 6) is -1.05. The van der Waals surface area contributed by atoms with Crippen LogP contribution in [0.3, 0.4) is 0 Å². The zero-order valence-corrected chi connectivity index (χ0v) is 39.2. The maximum absolute atomic E-state index is 12.8. The zero-order valence-electron chi connectivity index (χ0n) is 39.2. The number of ether oxygens (including phenoxy) is 3. The lowest BCUT2D eigenvalue weighted by Gasteiger charge is -2.18. The lowest BCUT2D eigenvalue weighted by Crippen LogP contribution is -2.30. The van der Waals surface area contributed by atoms with Crippen molar-refractivity contribution in [1.29, 1.82) is 0 Å². The fraction of sp³-hybridized carbons (Fsp3) is 0.722. The third-order valence-electron chi connectivity index (χ3n) is 10.5. The SMILES string of the molecule is CC/C=C\C/C=C\C/C=C\C/C=C\C/C=C\CC(=O)OCC(COC(=O)CCCCCCCCCCCCCC)OC(=O)CCCCCCC/C=C\CCCCCCCC. The van der Waals surface area contributed by atoms with Crippen molar-refractivity contribution in [3.05, 3.63) is 72.9 Å². The van der Waals surface area contributed by atoms with Gasteiger partial charge in [-0.3, -0.25) is 14.4 Å². The van der Waals surface area contributed by atoms with Crippen LogP contribution >= 0.6 is 0 Å². The molecule has 0 saturated carbocycles. The van der Waals surface area contributed by atoms with Crippen molar-refractivity contribution in [1.82, 2.24) is 0 Å². The Bertz CT molecular complexity index is 1140. The summed E-state index contributed by atoms with van der Waals surface area (Å²) in [5, 5.41) is 0. The van der Waals surface area contributed by atoms with Gasteiger partial charge in [-0.15, -0.1) is 0 Å². The first-order valence-electron chi connectivity index (χ1n) is 24.9. The van der Waals surface area contributed by atoms with E-state index in [-0.39, 0.29) is 31.6 Å². The zero-order chi connectivity index (χ0) is 43.7. The third kappa shape index (κ3) is 45.9. The van der Waals surface area contributed by atoms with Crippen LogP contribution in [0.15, 0.2) is 72.9 Å². The molecular weight excluding hydrogens is 745 g/mol. The Morgan fingerprint density at radius 2 is 0.717 bits per heavy atom. The van der Waals surface area contributed by atoms with Crippen LogP contribution in [0.5, 0.6) is 0 Å². The van der Waals surface area contributed by atoms with E-state index in [9.17, 15) is 14.4 Å². The van der Waals surface area contributed by atoms with E-state index < -0.39 is 12.1 Å². The van der Waals surface area contributed by atoms with Crippen molar-refractivity contribution in [3.63, 3.8) is 0 Å². The maximum atomic E-state index is 12.8. The summed E-state index contributed by atoms with van der Waals surface area (Å²) in [7, 11) is 0. The molecule has 0 amide bonds. The van der Waals surface area contributed by atoms with Crippen LogP contribution in [-0.4, -0.2) is 37.2 Å². The number of unbranched alkanes of at least 4 members (excludes halogenated alkanes) is 22. The lowest BCUT2D eigenvalue weighted by molar-refractivity contribution is -0.166. The highest BCUT2D eigenvalue weighted by atomic mass is 16.6. The molecule has 344 valence electrons. The van der Waals surface area contributed by atoms with Crippen LogP contribution < -0.4 is 0 Å². The summed E-state index contributed by atoms with van der Waals surface area (Å²) in [4.78, 5) is 37.8. The molecule has 0 aromatic heterocycles. The molecular formula is C54H92O6. The van der Waals surface area contributed by atoms with E-state index in [1.54, 1.807) is 6.08 Å². The second kappa shape index (κ2) is 48.5. The van der Waals surface area contributed by atoms with Crippen LogP contribution in [0.2, 0.25) is 0 Å². The molecule has 0 fully saturated rings. The van der Waals surface area contributed by atoms with Gasteiger partial charge < -0.3 is 14.2 Å². The second-order valence-electron chi connectivity index (χ2n) is 16.4. The smallest absolute Gasteiger partial charge is 0.309 e. The Hall–Kier alpha value is -3.15. The van der Waals surface area contributed by atoms with E-state index in [1.807, 2.05) is 6.08 Å². The van der Waals surface area contributed by atoms with Crippen molar-refractivity contribution >= 4 is 17.9 Å². The van der Waals surface area contributed by atoms with Gasteiger partial charge in [0.05, 0.1) is 6.42 Å². The van der Waals surface area contributed by atoms with E-state index in [1.165, 1.54) is 109 Å². The number of allylic oxidation sites excluding steroid dienone is 11. The van der Waals surface area contributed by atoms with E-state index in [2.05, 4.69) is 81.5 Å². The van der Waals surface area contributed by atoms with Gasteiger partial charge in [0.25, 0.3) is 0 Å². The van der Waals surface area contributed by atoms with Crippen LogP contribution in [0, 0.1) is 0 Å². The quantitative estimate of drug-likeness (QED) is 0.0263. The van der Waals surface area contributed by atoms with Crippen LogP contribution in [-0.2, 0) is 28.6 Å². The number of carbonyl (C=O) groups is 3. The van der Waals surface area contributed by atoms with Gasteiger partial charge in [0.1, 0.15) is 13.2 Å². The molecule has 6 nitrogen and oxygen atoms in total. The average Bonchev–Trinajstić information content (AvgIpc) is 3.24. The highest BCUT2D eigenvalue weighted by molar-refractivity contribution is 5.72. The minimum atomic E-state index is -0.816.